The third kappa shape index (κ3) is 4.06. The monoisotopic (exact) mass is 338 g/mol. The van der Waals surface area contributed by atoms with Crippen LogP contribution in [0.15, 0.2) is 48.5 Å². The van der Waals surface area contributed by atoms with Crippen molar-refractivity contribution < 1.29 is 14.3 Å². The van der Waals surface area contributed by atoms with Gasteiger partial charge in [0.1, 0.15) is 5.75 Å². The molecule has 130 valence electrons. The number of rotatable bonds is 6. The fourth-order valence-corrected chi connectivity index (χ4v) is 2.87. The van der Waals surface area contributed by atoms with Crippen LogP contribution < -0.4 is 10.1 Å². The Hall–Kier alpha value is -2.66. The Bertz CT molecular complexity index is 754. The number of likely N-dealkylation sites (tertiary alicyclic amines) is 1. The van der Waals surface area contributed by atoms with Gasteiger partial charge in [-0.05, 0) is 30.2 Å². The minimum Gasteiger partial charge on any atom is -0.497 e. The lowest BCUT2D eigenvalue weighted by atomic mass is 10.1. The molecule has 2 amide bonds. The molecule has 0 saturated carbocycles. The number of benzene rings is 2. The van der Waals surface area contributed by atoms with E-state index in [1.54, 1.807) is 7.11 Å². The van der Waals surface area contributed by atoms with Crippen molar-refractivity contribution in [3.63, 3.8) is 0 Å². The van der Waals surface area contributed by atoms with Crippen LogP contribution in [0.25, 0.3) is 0 Å². The average Bonchev–Trinajstić information content (AvgIpc) is 2.89. The zero-order valence-electron chi connectivity index (χ0n) is 14.5. The maximum absolute atomic E-state index is 12.5. The van der Waals surface area contributed by atoms with E-state index in [0.29, 0.717) is 13.1 Å². The molecule has 1 atom stereocenters. The van der Waals surface area contributed by atoms with Gasteiger partial charge in [-0.2, -0.15) is 0 Å². The van der Waals surface area contributed by atoms with Crippen molar-refractivity contribution in [2.75, 3.05) is 7.11 Å². The van der Waals surface area contributed by atoms with Gasteiger partial charge in [0.15, 0.2) is 0 Å². The molecule has 1 saturated heterocycles. The van der Waals surface area contributed by atoms with Gasteiger partial charge < -0.3 is 10.1 Å². The number of nitrogens with one attached hydrogen (secondary N) is 1. The van der Waals surface area contributed by atoms with Crippen molar-refractivity contribution in [3.8, 4) is 5.75 Å². The van der Waals surface area contributed by atoms with Crippen LogP contribution in [0.4, 0.5) is 0 Å². The molecule has 1 N–H and O–H groups in total. The first-order valence-corrected chi connectivity index (χ1v) is 8.33. The summed E-state index contributed by atoms with van der Waals surface area (Å²) in [7, 11) is 1.60. The van der Waals surface area contributed by atoms with E-state index in [2.05, 4.69) is 5.32 Å². The predicted molar refractivity (Wildman–Crippen MR) is 95.0 cm³/mol. The Kier molecular flexibility index (Phi) is 5.14. The number of methoxy groups -OCH3 is 1. The summed E-state index contributed by atoms with van der Waals surface area (Å²) < 4.78 is 5.12. The fraction of sp³-hybridized carbons (Fsp3) is 0.300. The molecule has 0 aromatic heterocycles. The average molecular weight is 338 g/mol. The number of nitrogens with zero attached hydrogens (tertiary/aromatic N) is 1. The predicted octanol–water partition coefficient (Wildman–Crippen LogP) is 2.42. The number of amides is 2. The van der Waals surface area contributed by atoms with E-state index < -0.39 is 6.04 Å². The Labute approximate surface area is 147 Å². The van der Waals surface area contributed by atoms with E-state index in [9.17, 15) is 9.59 Å². The summed E-state index contributed by atoms with van der Waals surface area (Å²) in [6, 6.07) is 15.1. The van der Waals surface area contributed by atoms with Gasteiger partial charge in [0, 0.05) is 6.54 Å². The zero-order chi connectivity index (χ0) is 17.8. The maximum atomic E-state index is 12.5. The van der Waals surface area contributed by atoms with Gasteiger partial charge in [-0.1, -0.05) is 42.0 Å². The van der Waals surface area contributed by atoms with Crippen molar-refractivity contribution in [2.45, 2.75) is 32.5 Å². The second-order valence-electron chi connectivity index (χ2n) is 6.29. The van der Waals surface area contributed by atoms with Crippen LogP contribution in [0.5, 0.6) is 5.75 Å². The van der Waals surface area contributed by atoms with E-state index in [0.717, 1.165) is 16.9 Å². The van der Waals surface area contributed by atoms with Crippen LogP contribution in [0.3, 0.4) is 0 Å². The molecule has 0 aliphatic carbocycles. The van der Waals surface area contributed by atoms with Gasteiger partial charge in [-0.3, -0.25) is 14.5 Å². The van der Waals surface area contributed by atoms with E-state index in [1.165, 1.54) is 10.5 Å². The summed E-state index contributed by atoms with van der Waals surface area (Å²) in [5.74, 6) is 0.454. The van der Waals surface area contributed by atoms with Gasteiger partial charge in [-0.15, -0.1) is 0 Å². The van der Waals surface area contributed by atoms with Crippen LogP contribution in [-0.4, -0.2) is 29.9 Å². The second kappa shape index (κ2) is 7.49. The highest BCUT2D eigenvalue weighted by molar-refractivity contribution is 6.05. The van der Waals surface area contributed by atoms with Crippen LogP contribution in [-0.2, 0) is 22.7 Å². The Morgan fingerprint density at radius 2 is 1.68 bits per heavy atom. The summed E-state index contributed by atoms with van der Waals surface area (Å²) in [5.41, 5.74) is 3.20. The van der Waals surface area contributed by atoms with Crippen molar-refractivity contribution in [1.29, 1.82) is 0 Å². The molecule has 2 aromatic carbocycles. The number of imide groups is 1. The number of hydrogen-bond acceptors (Lipinski definition) is 4. The van der Waals surface area contributed by atoms with Gasteiger partial charge in [0.05, 0.1) is 26.1 Å². The molecule has 1 aliphatic rings. The van der Waals surface area contributed by atoms with Crippen molar-refractivity contribution >= 4 is 11.8 Å². The van der Waals surface area contributed by atoms with E-state index in [4.69, 9.17) is 4.74 Å². The largest absolute Gasteiger partial charge is 0.497 e. The molecule has 25 heavy (non-hydrogen) atoms. The van der Waals surface area contributed by atoms with E-state index in [-0.39, 0.29) is 18.2 Å². The molecule has 0 radical (unpaired) electrons. The summed E-state index contributed by atoms with van der Waals surface area (Å²) in [6.45, 7) is 2.90. The number of carbonyl (C=O) groups excluding carboxylic acids is 2. The third-order valence-corrected chi connectivity index (χ3v) is 4.42. The Morgan fingerprint density at radius 1 is 1.04 bits per heavy atom. The normalized spacial score (nSPS) is 17.2. The minimum absolute atomic E-state index is 0.137. The van der Waals surface area contributed by atoms with Gasteiger partial charge in [-0.25, -0.2) is 0 Å². The van der Waals surface area contributed by atoms with Crippen LogP contribution in [0.1, 0.15) is 23.1 Å². The first-order chi connectivity index (χ1) is 12.1. The molecule has 5 nitrogen and oxygen atoms in total. The lowest BCUT2D eigenvalue weighted by Gasteiger charge is -2.16. The van der Waals surface area contributed by atoms with Gasteiger partial charge in [0.25, 0.3) is 0 Å². The number of hydrogen-bond donors (Lipinski definition) is 1. The number of carbonyl (C=O) groups is 2. The molecular weight excluding hydrogens is 316 g/mol. The van der Waals surface area contributed by atoms with Crippen LogP contribution >= 0.6 is 0 Å². The van der Waals surface area contributed by atoms with Crippen molar-refractivity contribution in [1.82, 2.24) is 10.2 Å². The van der Waals surface area contributed by atoms with Gasteiger partial charge >= 0.3 is 0 Å². The number of ether oxygens (including phenoxy) is 1. The number of aryl methyl sites for hydroxylation is 1. The molecule has 5 heteroatoms. The quantitative estimate of drug-likeness (QED) is 0.822. The maximum Gasteiger partial charge on any atom is 0.247 e. The smallest absolute Gasteiger partial charge is 0.247 e. The minimum atomic E-state index is -0.452. The highest BCUT2D eigenvalue weighted by atomic mass is 16.5. The van der Waals surface area contributed by atoms with Crippen LogP contribution in [0.2, 0.25) is 0 Å². The molecule has 1 heterocycles. The summed E-state index contributed by atoms with van der Waals surface area (Å²) in [4.78, 5) is 26.1. The SMILES string of the molecule is COc1ccc(CN2C(=O)C[C@@H](NCc3ccc(C)cc3)C2=O)cc1. The first kappa shape index (κ1) is 17.2. The van der Waals surface area contributed by atoms with Crippen molar-refractivity contribution in [3.05, 3.63) is 65.2 Å². The second-order valence-corrected chi connectivity index (χ2v) is 6.29. The Morgan fingerprint density at radius 3 is 2.32 bits per heavy atom. The summed E-state index contributed by atoms with van der Waals surface area (Å²) in [6.07, 6.45) is 0.209. The van der Waals surface area contributed by atoms with Gasteiger partial charge in [0.2, 0.25) is 11.8 Å². The topological polar surface area (TPSA) is 58.6 Å². The molecule has 0 bridgehead atoms. The molecule has 1 aliphatic heterocycles. The van der Waals surface area contributed by atoms with Crippen LogP contribution in [0, 0.1) is 6.92 Å². The molecular formula is C20H22N2O3. The lowest BCUT2D eigenvalue weighted by molar-refractivity contribution is -0.139. The van der Waals surface area contributed by atoms with E-state index in [1.807, 2.05) is 55.5 Å². The molecule has 0 unspecified atom stereocenters. The highest BCUT2D eigenvalue weighted by Gasteiger charge is 2.38. The first-order valence-electron chi connectivity index (χ1n) is 8.33. The van der Waals surface area contributed by atoms with Crippen molar-refractivity contribution in [2.24, 2.45) is 0 Å². The zero-order valence-corrected chi connectivity index (χ0v) is 14.5. The standard InChI is InChI=1S/C20H22N2O3/c1-14-3-5-15(6-4-14)12-21-18-11-19(23)22(20(18)24)13-16-7-9-17(25-2)10-8-16/h3-10,18,21H,11-13H2,1-2H3/t18-/m1/s1. The fourth-order valence-electron chi connectivity index (χ4n) is 2.87. The molecule has 2 aromatic rings. The van der Waals surface area contributed by atoms with E-state index >= 15 is 0 Å². The summed E-state index contributed by atoms with van der Waals surface area (Å²) >= 11 is 0. The third-order valence-electron chi connectivity index (χ3n) is 4.42. The molecule has 1 fully saturated rings. The molecule has 0 spiro atoms. The summed E-state index contributed by atoms with van der Waals surface area (Å²) in [5, 5.41) is 3.20. The highest BCUT2D eigenvalue weighted by Crippen LogP contribution is 2.19. The Balaban J connectivity index is 1.60. The lowest BCUT2D eigenvalue weighted by Crippen LogP contribution is -2.38. The molecule has 3 rings (SSSR count).